The number of aliphatic hydroxyl groups excluding tert-OH is 1. The van der Waals surface area contributed by atoms with Crippen LogP contribution in [-0.4, -0.2) is 69.9 Å². The second-order valence-corrected chi connectivity index (χ2v) is 5.02. The lowest BCUT2D eigenvalue weighted by atomic mass is 9.98. The molecule has 0 aromatic rings. The second kappa shape index (κ2) is 7.85. The molecule has 0 aromatic heterocycles. The summed E-state index contributed by atoms with van der Waals surface area (Å²) in [7, 11) is 0. The number of nitrogens with one attached hydrogen (secondary N) is 1. The van der Waals surface area contributed by atoms with Crippen LogP contribution < -0.4 is 5.32 Å². The molecule has 154 valence electrons. The highest BCUT2D eigenvalue weighted by Crippen LogP contribution is 2.53. The smallest absolute Gasteiger partial charge is 0.460 e. The van der Waals surface area contributed by atoms with Crippen LogP contribution >= 0.6 is 0 Å². The molecular weight excluding hydrogens is 397 g/mol. The van der Waals surface area contributed by atoms with Crippen molar-refractivity contribution in [3.8, 4) is 0 Å². The van der Waals surface area contributed by atoms with Gasteiger partial charge in [-0.25, -0.2) is 0 Å². The minimum absolute atomic E-state index is 0.780. The van der Waals surface area contributed by atoms with Gasteiger partial charge in [-0.3, -0.25) is 9.59 Å². The molecule has 0 rings (SSSR count). The number of hydrogen-bond donors (Lipinski definition) is 4. The summed E-state index contributed by atoms with van der Waals surface area (Å²) in [5.41, 5.74) is 0. The number of halogens is 9. The van der Waals surface area contributed by atoms with Crippen LogP contribution in [0.15, 0.2) is 0 Å². The van der Waals surface area contributed by atoms with Crippen LogP contribution in [0.2, 0.25) is 0 Å². The summed E-state index contributed by atoms with van der Waals surface area (Å²) in [5.74, 6) is -24.0. The minimum atomic E-state index is -7.19. The Morgan fingerprint density at radius 1 is 0.885 bits per heavy atom. The van der Waals surface area contributed by atoms with Crippen LogP contribution in [0.5, 0.6) is 0 Å². The zero-order valence-corrected chi connectivity index (χ0v) is 12.3. The number of rotatable bonds is 10. The van der Waals surface area contributed by atoms with Gasteiger partial charge in [0.2, 0.25) is 0 Å². The number of alkyl halides is 9. The predicted molar refractivity (Wildman–Crippen MR) is 63.2 cm³/mol. The molecule has 2 atom stereocenters. The summed E-state index contributed by atoms with van der Waals surface area (Å²) in [6.45, 7) is -1.84. The fraction of sp³-hybridized carbons (Fsp3) is 0.818. The van der Waals surface area contributed by atoms with E-state index >= 15 is 0 Å². The van der Waals surface area contributed by atoms with E-state index in [9.17, 15) is 49.1 Å². The Morgan fingerprint density at radius 3 is 1.69 bits per heavy atom. The molecule has 4 N–H and O–H groups in total. The zero-order valence-electron chi connectivity index (χ0n) is 12.3. The van der Waals surface area contributed by atoms with Crippen LogP contribution in [0.3, 0.4) is 0 Å². The largest absolute Gasteiger partial charge is 0.481 e. The van der Waals surface area contributed by atoms with E-state index in [1.165, 1.54) is 5.32 Å². The highest BCUT2D eigenvalue weighted by molar-refractivity contribution is 5.75. The van der Waals surface area contributed by atoms with E-state index in [0.717, 1.165) is 0 Å². The maximum atomic E-state index is 13.3. The van der Waals surface area contributed by atoms with Crippen molar-refractivity contribution in [2.45, 2.75) is 48.9 Å². The van der Waals surface area contributed by atoms with Gasteiger partial charge in [-0.2, -0.15) is 39.5 Å². The van der Waals surface area contributed by atoms with Gasteiger partial charge in [-0.15, -0.1) is 0 Å². The molecule has 0 aliphatic rings. The third kappa shape index (κ3) is 4.90. The molecule has 0 fully saturated rings. The van der Waals surface area contributed by atoms with E-state index in [1.54, 1.807) is 0 Å². The van der Waals surface area contributed by atoms with Crippen molar-refractivity contribution in [3.05, 3.63) is 0 Å². The van der Waals surface area contributed by atoms with Crippen LogP contribution in [0.25, 0.3) is 0 Å². The lowest BCUT2D eigenvalue weighted by Crippen LogP contribution is -2.65. The highest BCUT2D eigenvalue weighted by atomic mass is 19.4. The predicted octanol–water partition coefficient (Wildman–Crippen LogP) is 1.72. The monoisotopic (exact) mass is 409 g/mol. The van der Waals surface area contributed by atoms with Crippen molar-refractivity contribution in [1.29, 1.82) is 0 Å². The second-order valence-electron chi connectivity index (χ2n) is 5.02. The van der Waals surface area contributed by atoms with Crippen LogP contribution in [0.1, 0.15) is 12.8 Å². The number of carboxylic acid groups (broad SMARTS) is 2. The fourth-order valence-electron chi connectivity index (χ4n) is 1.56. The number of aliphatic carboxylic acids is 2. The Kier molecular flexibility index (Phi) is 7.32. The van der Waals surface area contributed by atoms with Crippen LogP contribution in [-0.2, 0) is 9.59 Å². The van der Waals surface area contributed by atoms with E-state index in [-0.39, 0.29) is 0 Å². The quantitative estimate of drug-likeness (QED) is 0.410. The van der Waals surface area contributed by atoms with E-state index in [0.29, 0.717) is 0 Å². The molecule has 6 nitrogen and oxygen atoms in total. The standard InChI is InChI=1S/C11H12F9NO5/c12-8(13,9(14,15)10(16,17)11(18,19)20)5(22)3-21-4(7(25)26)1-2-6(23)24/h4-5,21-22H,1-3H2,(H,23,24)(H,25,26)/t4-,5-/m0/s1. The van der Waals surface area contributed by atoms with Gasteiger partial charge >= 0.3 is 35.9 Å². The molecule has 0 spiro atoms. The van der Waals surface area contributed by atoms with E-state index in [4.69, 9.17) is 15.3 Å². The number of carbonyl (C=O) groups is 2. The van der Waals surface area contributed by atoms with Gasteiger partial charge in [-0.1, -0.05) is 0 Å². The maximum absolute atomic E-state index is 13.3. The molecule has 0 aliphatic heterocycles. The molecule has 0 saturated heterocycles. The fourth-order valence-corrected chi connectivity index (χ4v) is 1.56. The Bertz CT molecular complexity index is 523. The molecule has 0 amide bonds. The Morgan fingerprint density at radius 2 is 1.35 bits per heavy atom. The summed E-state index contributed by atoms with van der Waals surface area (Å²) in [6, 6.07) is -1.98. The molecule has 0 unspecified atom stereocenters. The van der Waals surface area contributed by atoms with Crippen LogP contribution in [0, 0.1) is 0 Å². The molecule has 0 bridgehead atoms. The van der Waals surface area contributed by atoms with Crippen molar-refractivity contribution < 1.29 is 64.4 Å². The van der Waals surface area contributed by atoms with E-state index in [2.05, 4.69) is 0 Å². The summed E-state index contributed by atoms with van der Waals surface area (Å²) < 4.78 is 114. The number of aliphatic hydroxyl groups is 1. The highest BCUT2D eigenvalue weighted by Gasteiger charge is 2.83. The molecule has 0 heterocycles. The normalized spacial score (nSPS) is 16.2. The van der Waals surface area contributed by atoms with Crippen molar-refractivity contribution in [2.75, 3.05) is 6.54 Å². The lowest BCUT2D eigenvalue weighted by Gasteiger charge is -2.36. The van der Waals surface area contributed by atoms with Gasteiger partial charge in [0.15, 0.2) is 0 Å². The van der Waals surface area contributed by atoms with Gasteiger partial charge in [-0.05, 0) is 6.42 Å². The summed E-state index contributed by atoms with van der Waals surface area (Å²) >= 11 is 0. The zero-order chi connectivity index (χ0) is 21.1. The average Bonchev–Trinajstić information content (AvgIpc) is 2.44. The first-order valence-electron chi connectivity index (χ1n) is 6.45. The molecule has 0 aromatic carbocycles. The molecule has 0 aliphatic carbocycles. The van der Waals surface area contributed by atoms with Gasteiger partial charge in [0, 0.05) is 13.0 Å². The maximum Gasteiger partial charge on any atom is 0.460 e. The number of carboxylic acids is 2. The lowest BCUT2D eigenvalue weighted by molar-refractivity contribution is -0.405. The van der Waals surface area contributed by atoms with Gasteiger partial charge < -0.3 is 20.6 Å². The summed E-state index contributed by atoms with van der Waals surface area (Å²) in [4.78, 5) is 21.0. The topological polar surface area (TPSA) is 107 Å². The molecule has 0 saturated carbocycles. The van der Waals surface area contributed by atoms with E-state index < -0.39 is 67.4 Å². The minimum Gasteiger partial charge on any atom is -0.481 e. The number of hydrogen-bond acceptors (Lipinski definition) is 4. The van der Waals surface area contributed by atoms with E-state index in [1.807, 2.05) is 0 Å². The SMILES string of the molecule is O=C(O)CC[C@H](NC[C@H](O)C(F)(F)C(F)(F)C(F)(F)C(F)(F)F)C(=O)O. The first-order chi connectivity index (χ1) is 11.4. The third-order valence-electron chi connectivity index (χ3n) is 3.09. The van der Waals surface area contributed by atoms with Gasteiger partial charge in [0.1, 0.15) is 12.1 Å². The third-order valence-corrected chi connectivity index (χ3v) is 3.09. The van der Waals surface area contributed by atoms with Crippen LogP contribution in [0.4, 0.5) is 39.5 Å². The van der Waals surface area contributed by atoms with Crippen molar-refractivity contribution in [2.24, 2.45) is 0 Å². The molecule has 26 heavy (non-hydrogen) atoms. The Hall–Kier alpha value is -1.77. The molecule has 15 heteroatoms. The van der Waals surface area contributed by atoms with Gasteiger partial charge in [0.05, 0.1) is 0 Å². The summed E-state index contributed by atoms with van der Waals surface area (Å²) in [5, 5.41) is 27.4. The van der Waals surface area contributed by atoms with Gasteiger partial charge in [0.25, 0.3) is 0 Å². The first-order valence-corrected chi connectivity index (χ1v) is 6.45. The van der Waals surface area contributed by atoms with Crippen molar-refractivity contribution >= 4 is 11.9 Å². The average molecular weight is 409 g/mol. The summed E-state index contributed by atoms with van der Waals surface area (Å²) in [6.07, 6.45) is -12.5. The van der Waals surface area contributed by atoms with Crippen molar-refractivity contribution in [1.82, 2.24) is 5.32 Å². The van der Waals surface area contributed by atoms with Crippen molar-refractivity contribution in [3.63, 3.8) is 0 Å². The Labute approximate surface area is 138 Å². The first kappa shape index (κ1) is 24.2. The molecule has 0 radical (unpaired) electrons. The molecular formula is C11H12F9NO5. The Balaban J connectivity index is 5.29.